The summed E-state index contributed by atoms with van der Waals surface area (Å²) in [4.78, 5) is 4.00. The van der Waals surface area contributed by atoms with Crippen molar-refractivity contribution < 1.29 is 4.74 Å². The fourth-order valence-electron chi connectivity index (χ4n) is 2.74. The summed E-state index contributed by atoms with van der Waals surface area (Å²) in [6.45, 7) is 4.33. The van der Waals surface area contributed by atoms with Crippen LogP contribution in [0.4, 0.5) is 0 Å². The van der Waals surface area contributed by atoms with E-state index in [0.717, 1.165) is 11.4 Å². The van der Waals surface area contributed by atoms with Gasteiger partial charge in [-0.05, 0) is 49.2 Å². The van der Waals surface area contributed by atoms with Gasteiger partial charge in [-0.1, -0.05) is 24.3 Å². The van der Waals surface area contributed by atoms with E-state index in [9.17, 15) is 0 Å². The summed E-state index contributed by atoms with van der Waals surface area (Å²) in [7, 11) is 1.68. The van der Waals surface area contributed by atoms with E-state index < -0.39 is 0 Å². The molecule has 2 aromatic carbocycles. The molecule has 0 saturated carbocycles. The molecule has 0 aliphatic heterocycles. The third-order valence-electron chi connectivity index (χ3n) is 4.17. The molecule has 0 fully saturated rings. The largest absolute Gasteiger partial charge is 0.497 e. The molecule has 0 aliphatic rings. The van der Waals surface area contributed by atoms with Gasteiger partial charge in [0.25, 0.3) is 0 Å². The quantitative estimate of drug-likeness (QED) is 0.752. The number of benzene rings is 2. The van der Waals surface area contributed by atoms with E-state index in [4.69, 9.17) is 4.74 Å². The van der Waals surface area contributed by atoms with E-state index in [2.05, 4.69) is 53.5 Å². The zero-order chi connectivity index (χ0) is 16.9. The van der Waals surface area contributed by atoms with Gasteiger partial charge in [0.1, 0.15) is 18.4 Å². The highest BCUT2D eigenvalue weighted by atomic mass is 16.5. The van der Waals surface area contributed by atoms with Crippen molar-refractivity contribution in [1.82, 2.24) is 20.1 Å². The molecule has 0 spiro atoms. The number of nitrogens with zero attached hydrogens (tertiary/aromatic N) is 3. The maximum Gasteiger partial charge on any atom is 0.138 e. The zero-order valence-electron chi connectivity index (χ0n) is 14.2. The SMILES string of the molecule is COc1ccc([C@@H](C)N[C@@H](C)c2cccc(-n3cncn3)c2)cc1. The van der Waals surface area contributed by atoms with E-state index in [1.165, 1.54) is 11.1 Å². The van der Waals surface area contributed by atoms with Crippen LogP contribution in [0, 0.1) is 0 Å². The third kappa shape index (κ3) is 3.63. The van der Waals surface area contributed by atoms with Crippen LogP contribution in [0.25, 0.3) is 5.69 Å². The van der Waals surface area contributed by atoms with E-state index in [1.807, 2.05) is 24.3 Å². The molecule has 5 nitrogen and oxygen atoms in total. The van der Waals surface area contributed by atoms with E-state index in [-0.39, 0.29) is 12.1 Å². The number of hydrogen-bond donors (Lipinski definition) is 1. The first-order valence-corrected chi connectivity index (χ1v) is 8.02. The monoisotopic (exact) mass is 322 g/mol. The Balaban J connectivity index is 1.72. The van der Waals surface area contributed by atoms with Gasteiger partial charge in [0.2, 0.25) is 0 Å². The van der Waals surface area contributed by atoms with Gasteiger partial charge >= 0.3 is 0 Å². The van der Waals surface area contributed by atoms with Gasteiger partial charge in [-0.2, -0.15) is 5.10 Å². The fourth-order valence-corrected chi connectivity index (χ4v) is 2.74. The van der Waals surface area contributed by atoms with Crippen LogP contribution in [-0.4, -0.2) is 21.9 Å². The highest BCUT2D eigenvalue weighted by Crippen LogP contribution is 2.22. The summed E-state index contributed by atoms with van der Waals surface area (Å²) < 4.78 is 6.98. The molecule has 124 valence electrons. The molecule has 5 heteroatoms. The number of aromatic nitrogens is 3. The van der Waals surface area contributed by atoms with Crippen LogP contribution < -0.4 is 10.1 Å². The van der Waals surface area contributed by atoms with Crippen molar-refractivity contribution in [3.8, 4) is 11.4 Å². The second-order valence-electron chi connectivity index (χ2n) is 5.82. The number of methoxy groups -OCH3 is 1. The molecule has 3 rings (SSSR count). The molecule has 0 saturated heterocycles. The average molecular weight is 322 g/mol. The predicted octanol–water partition coefficient (Wildman–Crippen LogP) is 3.69. The second kappa shape index (κ2) is 7.27. The average Bonchev–Trinajstić information content (AvgIpc) is 3.16. The molecule has 0 radical (unpaired) electrons. The Morgan fingerprint density at radius 2 is 1.75 bits per heavy atom. The predicted molar refractivity (Wildman–Crippen MR) is 94.3 cm³/mol. The summed E-state index contributed by atoms with van der Waals surface area (Å²) in [6, 6.07) is 16.9. The highest BCUT2D eigenvalue weighted by Gasteiger charge is 2.12. The molecule has 3 aromatic rings. The minimum absolute atomic E-state index is 0.213. The topological polar surface area (TPSA) is 52.0 Å². The van der Waals surface area contributed by atoms with Crippen LogP contribution in [-0.2, 0) is 0 Å². The molecule has 24 heavy (non-hydrogen) atoms. The second-order valence-corrected chi connectivity index (χ2v) is 5.82. The molecule has 0 unspecified atom stereocenters. The minimum atomic E-state index is 0.213. The lowest BCUT2D eigenvalue weighted by Crippen LogP contribution is -2.22. The van der Waals surface area contributed by atoms with E-state index in [1.54, 1.807) is 24.4 Å². The number of ether oxygens (including phenoxy) is 1. The Kier molecular flexibility index (Phi) is 4.91. The van der Waals surface area contributed by atoms with Gasteiger partial charge in [-0.15, -0.1) is 0 Å². The number of hydrogen-bond acceptors (Lipinski definition) is 4. The van der Waals surface area contributed by atoms with Gasteiger partial charge in [0, 0.05) is 12.1 Å². The Hall–Kier alpha value is -2.66. The van der Waals surface area contributed by atoms with Gasteiger partial charge in [-0.25, -0.2) is 9.67 Å². The molecule has 1 heterocycles. The summed E-state index contributed by atoms with van der Waals surface area (Å²) >= 11 is 0. The Bertz CT molecular complexity index is 768. The summed E-state index contributed by atoms with van der Waals surface area (Å²) in [5.74, 6) is 0.875. The normalized spacial score (nSPS) is 13.5. The molecule has 0 aliphatic carbocycles. The number of nitrogens with one attached hydrogen (secondary N) is 1. The Morgan fingerprint density at radius 1 is 1.00 bits per heavy atom. The highest BCUT2D eigenvalue weighted by molar-refractivity contribution is 5.36. The summed E-state index contributed by atoms with van der Waals surface area (Å²) in [6.07, 6.45) is 3.25. The third-order valence-corrected chi connectivity index (χ3v) is 4.17. The first kappa shape index (κ1) is 16.2. The maximum absolute atomic E-state index is 5.21. The summed E-state index contributed by atoms with van der Waals surface area (Å²) in [5.41, 5.74) is 3.45. The van der Waals surface area contributed by atoms with Crippen molar-refractivity contribution in [2.45, 2.75) is 25.9 Å². The maximum atomic E-state index is 5.21. The van der Waals surface area contributed by atoms with Crippen LogP contribution in [0.15, 0.2) is 61.2 Å². The Morgan fingerprint density at radius 3 is 2.42 bits per heavy atom. The van der Waals surface area contributed by atoms with Crippen LogP contribution >= 0.6 is 0 Å². The van der Waals surface area contributed by atoms with E-state index in [0.29, 0.717) is 0 Å². The van der Waals surface area contributed by atoms with Crippen LogP contribution in [0.1, 0.15) is 37.1 Å². The zero-order valence-corrected chi connectivity index (χ0v) is 14.2. The molecule has 1 N–H and O–H groups in total. The van der Waals surface area contributed by atoms with Crippen LogP contribution in [0.2, 0.25) is 0 Å². The lowest BCUT2D eigenvalue weighted by Gasteiger charge is -2.21. The van der Waals surface area contributed by atoms with Crippen molar-refractivity contribution in [2.24, 2.45) is 0 Å². The molecule has 0 bridgehead atoms. The van der Waals surface area contributed by atoms with Crippen molar-refractivity contribution in [1.29, 1.82) is 0 Å². The van der Waals surface area contributed by atoms with Gasteiger partial charge in [0.15, 0.2) is 0 Å². The molecule has 2 atom stereocenters. The molecule has 1 aromatic heterocycles. The smallest absolute Gasteiger partial charge is 0.138 e. The first-order valence-electron chi connectivity index (χ1n) is 8.02. The van der Waals surface area contributed by atoms with Crippen molar-refractivity contribution >= 4 is 0 Å². The van der Waals surface area contributed by atoms with Gasteiger partial charge < -0.3 is 10.1 Å². The molecular formula is C19H22N4O. The Labute approximate surface area is 142 Å². The van der Waals surface area contributed by atoms with E-state index >= 15 is 0 Å². The van der Waals surface area contributed by atoms with Crippen molar-refractivity contribution in [2.75, 3.05) is 7.11 Å². The fraction of sp³-hybridized carbons (Fsp3) is 0.263. The molecular weight excluding hydrogens is 300 g/mol. The van der Waals surface area contributed by atoms with Crippen molar-refractivity contribution in [3.05, 3.63) is 72.3 Å². The minimum Gasteiger partial charge on any atom is -0.497 e. The summed E-state index contributed by atoms with van der Waals surface area (Å²) in [5, 5.41) is 7.82. The van der Waals surface area contributed by atoms with Gasteiger partial charge in [-0.3, -0.25) is 0 Å². The lowest BCUT2D eigenvalue weighted by atomic mass is 10.0. The van der Waals surface area contributed by atoms with Crippen LogP contribution in [0.3, 0.4) is 0 Å². The van der Waals surface area contributed by atoms with Crippen molar-refractivity contribution in [3.63, 3.8) is 0 Å². The number of rotatable bonds is 6. The first-order chi connectivity index (χ1) is 11.7. The molecule has 0 amide bonds. The lowest BCUT2D eigenvalue weighted by molar-refractivity contribution is 0.414. The standard InChI is InChI=1S/C19H22N4O/c1-14(16-7-9-19(24-3)10-8-16)22-15(2)17-5-4-6-18(11-17)23-13-20-12-21-23/h4-15,22H,1-3H3/t14-,15+/m1/s1. The van der Waals surface area contributed by atoms with Gasteiger partial charge in [0.05, 0.1) is 12.8 Å². The van der Waals surface area contributed by atoms with Crippen LogP contribution in [0.5, 0.6) is 5.75 Å².